The van der Waals surface area contributed by atoms with Crippen LogP contribution in [0.15, 0.2) is 109 Å². The van der Waals surface area contributed by atoms with E-state index in [2.05, 4.69) is 156 Å². The van der Waals surface area contributed by atoms with Gasteiger partial charge >= 0.3 is 370 Å². The van der Waals surface area contributed by atoms with Gasteiger partial charge in [-0.1, -0.05) is 0 Å². The van der Waals surface area contributed by atoms with Crippen molar-refractivity contribution in [3.05, 3.63) is 176 Å². The molecule has 0 heterocycles. The van der Waals surface area contributed by atoms with Crippen LogP contribution in [0.25, 0.3) is 0 Å². The number of hydrogen-bond donors (Lipinski definition) is 0. The summed E-state index contributed by atoms with van der Waals surface area (Å²) in [6, 6.07) is 39.3. The first-order valence-corrected chi connectivity index (χ1v) is 26.9. The fraction of sp³-hybridized carbons (Fsp3) is 0.250. The summed E-state index contributed by atoms with van der Waals surface area (Å²) in [7, 11) is 0. The van der Waals surface area contributed by atoms with Gasteiger partial charge in [0.15, 0.2) is 0 Å². The van der Waals surface area contributed by atoms with Crippen molar-refractivity contribution in [2.24, 2.45) is 0 Å². The predicted octanol–water partition coefficient (Wildman–Crippen LogP) is 7.35. The van der Waals surface area contributed by atoms with Gasteiger partial charge in [-0.05, 0) is 0 Å². The fourth-order valence-corrected chi connectivity index (χ4v) is 16.5. The molecule has 4 heteroatoms. The summed E-state index contributed by atoms with van der Waals surface area (Å²) in [6.07, 6.45) is 0. The van der Waals surface area contributed by atoms with Gasteiger partial charge < -0.3 is 0 Å². The molecule has 0 N–H and O–H groups in total. The molecule has 0 fully saturated rings. The Kier molecular flexibility index (Phi) is 19.3. The molecule has 0 amide bonds. The summed E-state index contributed by atoms with van der Waals surface area (Å²) in [4.78, 5) is 0. The molecular formula is C48H54In2Te2. The van der Waals surface area contributed by atoms with E-state index in [9.17, 15) is 0 Å². The van der Waals surface area contributed by atoms with Crippen LogP contribution in [0.5, 0.6) is 0 Å². The molecule has 0 aliphatic carbocycles. The molecule has 0 unspecified atom stereocenters. The quantitative estimate of drug-likeness (QED) is 0.162. The van der Waals surface area contributed by atoms with E-state index >= 15 is 0 Å². The maximum atomic E-state index is 2.34. The van der Waals surface area contributed by atoms with E-state index < -0.39 is 45.8 Å². The van der Waals surface area contributed by atoms with Crippen LogP contribution in [-0.4, -0.2) is 90.4 Å². The van der Waals surface area contributed by atoms with E-state index in [0.29, 0.717) is 0 Å². The van der Waals surface area contributed by atoms with Gasteiger partial charge in [-0.3, -0.25) is 0 Å². The predicted molar refractivity (Wildman–Crippen MR) is 236 cm³/mol. The molecule has 0 saturated carbocycles. The van der Waals surface area contributed by atoms with Crippen LogP contribution in [0.4, 0.5) is 0 Å². The molecule has 0 aliphatic rings. The molecule has 6 rings (SSSR count). The van der Waals surface area contributed by atoms with E-state index in [-0.39, 0.29) is 0 Å². The van der Waals surface area contributed by atoms with Crippen LogP contribution in [0.2, 0.25) is 0 Å². The van der Waals surface area contributed by atoms with Crippen LogP contribution in [0.3, 0.4) is 0 Å². The molecule has 4 radical (unpaired) electrons. The van der Waals surface area contributed by atoms with Gasteiger partial charge in [0.05, 0.1) is 0 Å². The third-order valence-electron chi connectivity index (χ3n) is 9.02. The van der Waals surface area contributed by atoms with Gasteiger partial charge in [-0.2, -0.15) is 0 Å². The molecule has 264 valence electrons. The second-order valence-electron chi connectivity index (χ2n) is 14.2. The Bertz CT molecular complexity index is 1710. The van der Waals surface area contributed by atoms with Gasteiger partial charge in [-0.25, -0.2) is 0 Å². The van der Waals surface area contributed by atoms with Crippen LogP contribution in [0, 0.1) is 83.1 Å². The van der Waals surface area contributed by atoms with E-state index in [1.807, 2.05) is 81.0 Å². The summed E-state index contributed by atoms with van der Waals surface area (Å²) in [5, 5.41) is 0. The van der Waals surface area contributed by atoms with Crippen LogP contribution >= 0.6 is 0 Å². The fourth-order valence-electron chi connectivity index (χ4n) is 6.81. The van der Waals surface area contributed by atoms with E-state index in [4.69, 9.17) is 0 Å². The third kappa shape index (κ3) is 14.7. The maximum absolute atomic E-state index is 2.34. The van der Waals surface area contributed by atoms with E-state index in [0.717, 1.165) is 0 Å². The molecule has 52 heavy (non-hydrogen) atoms. The SMILES string of the molecule is Cc1cc(C)[c]([In][c]2c(C)cc(C)cc2C)c(C)c1.Cc1cc(C)[c]([In][c]2c(C)cc(C)cc2C)c(C)c1.[Te]c1ccccc1.[Te]c1ccccc1. The summed E-state index contributed by atoms with van der Waals surface area (Å²) in [5.41, 5.74) is 17.5. The normalized spacial score (nSPS) is 10.1. The molecule has 6 aromatic rings. The minimum atomic E-state index is -0.909. The number of aryl methyl sites for hydroxylation is 12. The Labute approximate surface area is 365 Å². The first-order valence-electron chi connectivity index (χ1n) is 18.0. The Morgan fingerprint density at radius 2 is 0.462 bits per heavy atom. The summed E-state index contributed by atoms with van der Waals surface area (Å²) in [5.74, 6) is 0. The van der Waals surface area contributed by atoms with Crippen molar-refractivity contribution in [2.75, 3.05) is 0 Å². The topological polar surface area (TPSA) is 0 Å². The molecule has 0 spiro atoms. The van der Waals surface area contributed by atoms with Crippen molar-refractivity contribution < 1.29 is 0 Å². The minimum absolute atomic E-state index is 0.909. The second-order valence-corrected chi connectivity index (χ2v) is 25.1. The monoisotopic (exact) mass is 1120 g/mol. The van der Waals surface area contributed by atoms with Crippen molar-refractivity contribution >= 4 is 111 Å². The Balaban J connectivity index is 0.000000206. The van der Waals surface area contributed by atoms with Crippen molar-refractivity contribution in [2.45, 2.75) is 83.1 Å². The Morgan fingerprint density at radius 3 is 0.596 bits per heavy atom. The molecule has 0 aromatic heterocycles. The van der Waals surface area contributed by atoms with Gasteiger partial charge in [-0.15, -0.1) is 0 Å². The summed E-state index contributed by atoms with van der Waals surface area (Å²) in [6.45, 7) is 27.0. The molecule has 0 atom stereocenters. The average molecular weight is 1120 g/mol. The summed E-state index contributed by atoms with van der Waals surface area (Å²) >= 11 is 2.22. The van der Waals surface area contributed by atoms with Gasteiger partial charge in [0, 0.05) is 0 Å². The average Bonchev–Trinajstić information content (AvgIpc) is 3.04. The summed E-state index contributed by atoms with van der Waals surface area (Å²) < 4.78 is 9.37. The molecule has 0 nitrogen and oxygen atoms in total. The molecule has 0 saturated heterocycles. The van der Waals surface area contributed by atoms with Crippen LogP contribution in [-0.2, 0) is 0 Å². The Hall–Kier alpha value is -1.36. The zero-order valence-electron chi connectivity index (χ0n) is 33.4. The first kappa shape index (κ1) is 45.0. The van der Waals surface area contributed by atoms with Crippen molar-refractivity contribution in [3.63, 3.8) is 0 Å². The first-order chi connectivity index (χ1) is 24.5. The van der Waals surface area contributed by atoms with Crippen molar-refractivity contribution in [1.82, 2.24) is 0 Å². The number of rotatable bonds is 4. The number of benzene rings is 6. The second kappa shape index (κ2) is 22.3. The van der Waals surface area contributed by atoms with Crippen LogP contribution in [0.1, 0.15) is 66.8 Å². The molecule has 6 aromatic carbocycles. The van der Waals surface area contributed by atoms with Crippen molar-refractivity contribution in [3.8, 4) is 0 Å². The zero-order valence-corrected chi connectivity index (χ0v) is 44.6. The molecule has 0 aliphatic heterocycles. The Morgan fingerprint density at radius 1 is 0.288 bits per heavy atom. The standard InChI is InChI=1S/4C9H11.2C6H5Te.2In/c4*1-7-4-8(2)6-9(3)5-7;2*7-6-4-2-1-3-5-6;;/h4*4-5H,1-3H3;2*1-5H;;. The third-order valence-corrected chi connectivity index (χ3v) is 24.3. The molecular weight excluding hydrogens is 1060 g/mol. The van der Waals surface area contributed by atoms with E-state index in [1.165, 1.54) is 74.0 Å². The van der Waals surface area contributed by atoms with Crippen LogP contribution < -0.4 is 20.5 Å². The van der Waals surface area contributed by atoms with Gasteiger partial charge in [0.25, 0.3) is 0 Å². The van der Waals surface area contributed by atoms with E-state index in [1.54, 1.807) is 13.3 Å². The molecule has 0 bridgehead atoms. The van der Waals surface area contributed by atoms with Crippen molar-refractivity contribution in [1.29, 1.82) is 0 Å². The van der Waals surface area contributed by atoms with Gasteiger partial charge in [0.1, 0.15) is 0 Å². The van der Waals surface area contributed by atoms with Gasteiger partial charge in [0.2, 0.25) is 0 Å². The number of hydrogen-bond acceptors (Lipinski definition) is 0. The zero-order chi connectivity index (χ0) is 38.5.